The number of benzene rings is 3. The summed E-state index contributed by atoms with van der Waals surface area (Å²) in [5.74, 6) is 0.211. The van der Waals surface area contributed by atoms with Gasteiger partial charge in [-0.25, -0.2) is 4.79 Å². The molecule has 1 unspecified atom stereocenters. The van der Waals surface area contributed by atoms with E-state index in [0.717, 1.165) is 35.3 Å². The summed E-state index contributed by atoms with van der Waals surface area (Å²) in [7, 11) is 0. The van der Waals surface area contributed by atoms with Crippen molar-refractivity contribution >= 4 is 22.7 Å². The number of carboxylic acid groups (broad SMARTS) is 1. The number of aromatic amines is 1. The minimum absolute atomic E-state index is 0.196. The number of para-hydroxylation sites is 1. The highest BCUT2D eigenvalue weighted by molar-refractivity contribution is 6.01. The van der Waals surface area contributed by atoms with Crippen molar-refractivity contribution in [3.63, 3.8) is 0 Å². The molecule has 5 aromatic rings. The van der Waals surface area contributed by atoms with Crippen LogP contribution in [0.5, 0.6) is 6.01 Å². The number of hydrogen-bond donors (Lipinski definition) is 2. The molecule has 1 aliphatic heterocycles. The van der Waals surface area contributed by atoms with Gasteiger partial charge in [-0.15, -0.1) is 10.2 Å². The lowest BCUT2D eigenvalue weighted by Gasteiger charge is -2.33. The molecule has 1 fully saturated rings. The van der Waals surface area contributed by atoms with Gasteiger partial charge in [0.2, 0.25) is 5.82 Å². The molecular formula is C30H31N7O3. The summed E-state index contributed by atoms with van der Waals surface area (Å²) in [6.45, 7) is 7.12. The van der Waals surface area contributed by atoms with Crippen LogP contribution in [0.25, 0.3) is 33.5 Å². The third kappa shape index (κ3) is 4.88. The first-order valence-corrected chi connectivity index (χ1v) is 13.6. The first-order valence-electron chi connectivity index (χ1n) is 13.6. The number of H-pyrrole nitrogens is 1. The zero-order valence-corrected chi connectivity index (χ0v) is 22.5. The van der Waals surface area contributed by atoms with E-state index in [-0.39, 0.29) is 5.56 Å². The van der Waals surface area contributed by atoms with Crippen molar-refractivity contribution < 1.29 is 14.6 Å². The topological polar surface area (TPSA) is 122 Å². The van der Waals surface area contributed by atoms with Crippen LogP contribution >= 0.6 is 0 Å². The second-order valence-electron chi connectivity index (χ2n) is 10.2. The molecule has 0 bridgehead atoms. The minimum atomic E-state index is -0.998. The summed E-state index contributed by atoms with van der Waals surface area (Å²) in [5.41, 5.74) is 6.47. The van der Waals surface area contributed by atoms with Crippen LogP contribution in [0.15, 0.2) is 60.7 Å². The number of aromatic carboxylic acids is 1. The summed E-state index contributed by atoms with van der Waals surface area (Å²) in [4.78, 5) is 19.0. The molecule has 0 aliphatic carbocycles. The largest absolute Gasteiger partial charge is 0.478 e. The molecule has 40 heavy (non-hydrogen) atoms. The predicted molar refractivity (Wildman–Crippen MR) is 153 cm³/mol. The number of aromatic nitrogens is 6. The highest BCUT2D eigenvalue weighted by Gasteiger charge is 2.21. The lowest BCUT2D eigenvalue weighted by Crippen LogP contribution is -2.34. The maximum atomic E-state index is 12.0. The number of carbonyl (C=O) groups is 1. The average Bonchev–Trinajstić information content (AvgIpc) is 3.62. The third-order valence-corrected chi connectivity index (χ3v) is 7.45. The molecular weight excluding hydrogens is 506 g/mol. The quantitative estimate of drug-likeness (QED) is 0.275. The maximum Gasteiger partial charge on any atom is 0.337 e. The van der Waals surface area contributed by atoms with Crippen LogP contribution in [0.4, 0.5) is 5.69 Å². The molecule has 0 radical (unpaired) electrons. The van der Waals surface area contributed by atoms with Gasteiger partial charge in [0.25, 0.3) is 6.01 Å². The number of nitrogens with zero attached hydrogens (tertiary/aromatic N) is 6. The second-order valence-corrected chi connectivity index (χ2v) is 10.2. The fraction of sp³-hybridized carbons (Fsp3) is 0.300. The van der Waals surface area contributed by atoms with Crippen LogP contribution in [0.2, 0.25) is 0 Å². The average molecular weight is 538 g/mol. The van der Waals surface area contributed by atoms with Gasteiger partial charge in [-0.2, -0.15) is 10.2 Å². The lowest BCUT2D eigenvalue weighted by molar-refractivity contribution is 0.0698. The molecule has 1 atom stereocenters. The first-order chi connectivity index (χ1) is 19.5. The smallest absolute Gasteiger partial charge is 0.337 e. The highest BCUT2D eigenvalue weighted by atomic mass is 16.5. The molecule has 0 amide bonds. The Bertz CT molecular complexity index is 1640. The molecule has 3 aromatic carbocycles. The maximum absolute atomic E-state index is 12.0. The zero-order chi connectivity index (χ0) is 27.6. The van der Waals surface area contributed by atoms with Gasteiger partial charge < -0.3 is 14.7 Å². The van der Waals surface area contributed by atoms with E-state index in [1.807, 2.05) is 11.5 Å². The Morgan fingerprint density at radius 1 is 1.12 bits per heavy atom. The summed E-state index contributed by atoms with van der Waals surface area (Å²) in [6.07, 6.45) is 2.45. The van der Waals surface area contributed by atoms with Gasteiger partial charge in [0.05, 0.1) is 29.7 Å². The van der Waals surface area contributed by atoms with Gasteiger partial charge in [-0.3, -0.25) is 4.57 Å². The molecule has 6 rings (SSSR count). The fourth-order valence-electron chi connectivity index (χ4n) is 5.56. The lowest BCUT2D eigenvalue weighted by atomic mass is 9.95. The number of hydrogen-bond acceptors (Lipinski definition) is 7. The van der Waals surface area contributed by atoms with Crippen molar-refractivity contribution in [2.75, 3.05) is 24.6 Å². The Hall–Kier alpha value is -4.73. The van der Waals surface area contributed by atoms with E-state index < -0.39 is 5.97 Å². The minimum Gasteiger partial charge on any atom is -0.478 e. The van der Waals surface area contributed by atoms with Crippen LogP contribution in [-0.4, -0.2) is 60.9 Å². The van der Waals surface area contributed by atoms with Gasteiger partial charge in [-0.05, 0) is 77.9 Å². The van der Waals surface area contributed by atoms with Crippen LogP contribution in [0.3, 0.4) is 0 Å². The van der Waals surface area contributed by atoms with E-state index >= 15 is 0 Å². The first kappa shape index (κ1) is 25.5. The molecule has 10 heteroatoms. The van der Waals surface area contributed by atoms with Crippen molar-refractivity contribution in [2.45, 2.75) is 33.2 Å². The normalized spacial score (nSPS) is 15.4. The van der Waals surface area contributed by atoms with E-state index in [9.17, 15) is 9.90 Å². The van der Waals surface area contributed by atoms with Crippen LogP contribution in [0.1, 0.15) is 42.6 Å². The van der Waals surface area contributed by atoms with Crippen molar-refractivity contribution in [3.8, 4) is 28.5 Å². The van der Waals surface area contributed by atoms with Crippen molar-refractivity contribution in [1.29, 1.82) is 0 Å². The summed E-state index contributed by atoms with van der Waals surface area (Å²) < 4.78 is 7.62. The van der Waals surface area contributed by atoms with Crippen LogP contribution in [0, 0.1) is 5.92 Å². The standard InChI is InChI=1S/C30H31N7O3/c1-3-40-30-31-26-8-4-7-24(29(38)39)27(26)37(30)18-20-9-11-21(12-10-20)25-16-22(36-15-5-6-19(2)17-36)13-14-23(25)28-32-34-35-33-28/h4,7-14,16,19H,3,5-6,15,17-18H2,1-2H3,(H,38,39)(H,32,33,34,35). The van der Waals surface area contributed by atoms with Crippen molar-refractivity contribution in [2.24, 2.45) is 5.92 Å². The number of ether oxygens (including phenoxy) is 1. The Kier molecular flexibility index (Phi) is 6.90. The van der Waals surface area contributed by atoms with Gasteiger partial charge >= 0.3 is 5.97 Å². The Morgan fingerprint density at radius 3 is 2.70 bits per heavy atom. The molecule has 3 heterocycles. The van der Waals surface area contributed by atoms with Crippen molar-refractivity contribution in [1.82, 2.24) is 30.2 Å². The number of carboxylic acids is 1. The molecule has 2 aromatic heterocycles. The number of anilines is 1. The molecule has 0 spiro atoms. The van der Waals surface area contributed by atoms with Gasteiger partial charge in [-0.1, -0.05) is 37.3 Å². The molecule has 1 saturated heterocycles. The number of fused-ring (bicyclic) bond motifs is 1. The Balaban J connectivity index is 1.37. The number of piperidine rings is 1. The second kappa shape index (κ2) is 10.8. The Morgan fingerprint density at radius 2 is 1.98 bits per heavy atom. The number of tetrazole rings is 1. The Labute approximate surface area is 231 Å². The number of imidazole rings is 1. The molecule has 2 N–H and O–H groups in total. The van der Waals surface area contributed by atoms with E-state index in [0.29, 0.717) is 41.9 Å². The monoisotopic (exact) mass is 537 g/mol. The fourth-order valence-corrected chi connectivity index (χ4v) is 5.56. The predicted octanol–water partition coefficient (Wildman–Crippen LogP) is 5.26. The molecule has 0 saturated carbocycles. The number of rotatable bonds is 8. The van der Waals surface area contributed by atoms with Gasteiger partial charge in [0.1, 0.15) is 0 Å². The van der Waals surface area contributed by atoms with Crippen LogP contribution in [-0.2, 0) is 6.54 Å². The molecule has 10 nitrogen and oxygen atoms in total. The summed E-state index contributed by atoms with van der Waals surface area (Å²) >= 11 is 0. The van der Waals surface area contributed by atoms with E-state index in [1.165, 1.54) is 18.5 Å². The van der Waals surface area contributed by atoms with Gasteiger partial charge in [0.15, 0.2) is 0 Å². The van der Waals surface area contributed by atoms with Gasteiger partial charge in [0, 0.05) is 24.3 Å². The summed E-state index contributed by atoms with van der Waals surface area (Å²) in [6, 6.07) is 20.2. The summed E-state index contributed by atoms with van der Waals surface area (Å²) in [5, 5.41) is 24.6. The van der Waals surface area contributed by atoms with Crippen LogP contribution < -0.4 is 9.64 Å². The molecule has 204 valence electrons. The third-order valence-electron chi connectivity index (χ3n) is 7.45. The van der Waals surface area contributed by atoms with E-state index in [2.05, 4.69) is 79.9 Å². The van der Waals surface area contributed by atoms with E-state index in [4.69, 9.17) is 4.74 Å². The highest BCUT2D eigenvalue weighted by Crippen LogP contribution is 2.35. The zero-order valence-electron chi connectivity index (χ0n) is 22.5. The number of nitrogens with one attached hydrogen (secondary N) is 1. The SMILES string of the molecule is CCOc1nc2cccc(C(=O)O)c2n1Cc1ccc(-c2cc(N3CCCC(C)C3)ccc2-c2nn[nH]n2)cc1. The van der Waals surface area contributed by atoms with Crippen molar-refractivity contribution in [3.05, 3.63) is 71.8 Å². The molecule has 1 aliphatic rings. The van der Waals surface area contributed by atoms with E-state index in [1.54, 1.807) is 18.2 Å².